The lowest BCUT2D eigenvalue weighted by Crippen LogP contribution is -2.33. The van der Waals surface area contributed by atoms with E-state index in [9.17, 15) is 0 Å². The van der Waals surface area contributed by atoms with E-state index in [0.29, 0.717) is 11.3 Å². The van der Waals surface area contributed by atoms with Crippen molar-refractivity contribution < 1.29 is 14.2 Å². The van der Waals surface area contributed by atoms with E-state index in [0.717, 1.165) is 44.1 Å². The average molecular weight is 445 g/mol. The van der Waals surface area contributed by atoms with E-state index in [1.54, 1.807) is 0 Å². The van der Waals surface area contributed by atoms with Crippen LogP contribution in [0.1, 0.15) is 111 Å². The van der Waals surface area contributed by atoms with E-state index in [4.69, 9.17) is 14.2 Å². The molecule has 2 fully saturated rings. The highest BCUT2D eigenvalue weighted by molar-refractivity contribution is 5.30. The van der Waals surface area contributed by atoms with Crippen LogP contribution in [-0.2, 0) is 9.47 Å². The zero-order valence-corrected chi connectivity index (χ0v) is 21.6. The second kappa shape index (κ2) is 11.4. The maximum Gasteiger partial charge on any atom is 0.200 e. The summed E-state index contributed by atoms with van der Waals surface area (Å²) in [5, 5.41) is 0. The van der Waals surface area contributed by atoms with Crippen LogP contribution in [0.4, 0.5) is 0 Å². The van der Waals surface area contributed by atoms with Crippen molar-refractivity contribution in [2.45, 2.75) is 118 Å². The summed E-state index contributed by atoms with van der Waals surface area (Å²) in [5.74, 6) is 2.18. The number of hydrogen-bond acceptors (Lipinski definition) is 3. The minimum Gasteiger partial charge on any atom is -0.465 e. The fourth-order valence-corrected chi connectivity index (χ4v) is 5.32. The Kier molecular flexibility index (Phi) is 9.09. The van der Waals surface area contributed by atoms with Crippen molar-refractivity contribution in [3.8, 4) is 5.75 Å². The number of hydrogen-bond donors (Lipinski definition) is 0. The predicted octanol–water partition coefficient (Wildman–Crippen LogP) is 8.12. The molecule has 0 radical (unpaired) electrons. The van der Waals surface area contributed by atoms with E-state index in [2.05, 4.69) is 65.8 Å². The second-order valence-electron chi connectivity index (χ2n) is 12.5. The van der Waals surface area contributed by atoms with E-state index in [1.165, 1.54) is 44.1 Å². The average Bonchev–Trinajstić information content (AvgIpc) is 2.73. The lowest BCUT2D eigenvalue weighted by atomic mass is 9.69. The molecule has 182 valence electrons. The van der Waals surface area contributed by atoms with E-state index < -0.39 is 0 Å². The monoisotopic (exact) mass is 444 g/mol. The zero-order valence-electron chi connectivity index (χ0n) is 21.6. The molecule has 1 aromatic rings. The van der Waals surface area contributed by atoms with Crippen molar-refractivity contribution in [3.63, 3.8) is 0 Å². The molecule has 32 heavy (non-hydrogen) atoms. The minimum atomic E-state index is -0.153. The van der Waals surface area contributed by atoms with Gasteiger partial charge in [-0.1, -0.05) is 85.8 Å². The van der Waals surface area contributed by atoms with Crippen LogP contribution in [-0.4, -0.2) is 25.6 Å². The van der Waals surface area contributed by atoms with E-state index in [1.807, 2.05) is 0 Å². The maximum atomic E-state index is 6.49. The summed E-state index contributed by atoms with van der Waals surface area (Å²) >= 11 is 0. The van der Waals surface area contributed by atoms with Crippen LogP contribution in [0.25, 0.3) is 0 Å². The Morgan fingerprint density at radius 2 is 1.50 bits per heavy atom. The van der Waals surface area contributed by atoms with Gasteiger partial charge in [-0.15, -0.1) is 0 Å². The van der Waals surface area contributed by atoms with Crippen molar-refractivity contribution in [2.24, 2.45) is 16.7 Å². The van der Waals surface area contributed by atoms with Crippen molar-refractivity contribution in [2.75, 3.05) is 13.2 Å². The molecule has 0 N–H and O–H groups in total. The molecule has 1 aliphatic heterocycles. The first kappa shape index (κ1) is 25.6. The molecule has 2 atom stereocenters. The molecule has 0 spiro atoms. The van der Waals surface area contributed by atoms with Gasteiger partial charge in [0.05, 0.1) is 6.10 Å². The molecule has 0 bridgehead atoms. The second-order valence-corrected chi connectivity index (χ2v) is 12.5. The Labute approximate surface area is 197 Å². The largest absolute Gasteiger partial charge is 0.465 e. The molecular weight excluding hydrogens is 396 g/mol. The molecule has 1 saturated heterocycles. The topological polar surface area (TPSA) is 27.7 Å². The first-order chi connectivity index (χ1) is 15.1. The summed E-state index contributed by atoms with van der Waals surface area (Å²) < 4.78 is 18.5. The molecule has 0 amide bonds. The molecule has 1 saturated carbocycles. The molecule has 2 unspecified atom stereocenters. The van der Waals surface area contributed by atoms with Gasteiger partial charge in [-0.2, -0.15) is 0 Å². The smallest absolute Gasteiger partial charge is 0.200 e. The third-order valence-corrected chi connectivity index (χ3v) is 7.17. The Morgan fingerprint density at radius 3 is 2.06 bits per heavy atom. The molecule has 1 heterocycles. The van der Waals surface area contributed by atoms with Crippen molar-refractivity contribution in [1.82, 2.24) is 0 Å². The lowest BCUT2D eigenvalue weighted by molar-refractivity contribution is -0.152. The molecule has 3 rings (SSSR count). The van der Waals surface area contributed by atoms with Crippen LogP contribution in [0.3, 0.4) is 0 Å². The summed E-state index contributed by atoms with van der Waals surface area (Å²) in [6.45, 7) is 15.7. The fraction of sp³-hybridized carbons (Fsp3) is 0.793. The van der Waals surface area contributed by atoms with Gasteiger partial charge in [-0.25, -0.2) is 0 Å². The molecule has 1 aromatic carbocycles. The summed E-state index contributed by atoms with van der Waals surface area (Å²) in [6, 6.07) is 8.89. The SMILES string of the molecule is CC(C)(C)CC(c1ccc(OC(CC2CCCCC2)OC2CCOCC2)cc1)C(C)(C)C. The highest BCUT2D eigenvalue weighted by Gasteiger charge is 2.30. The molecule has 2 aliphatic rings. The quantitative estimate of drug-likeness (QED) is 0.379. The van der Waals surface area contributed by atoms with Gasteiger partial charge in [0.1, 0.15) is 5.75 Å². The Balaban J connectivity index is 1.68. The molecule has 3 nitrogen and oxygen atoms in total. The van der Waals surface area contributed by atoms with Crippen molar-refractivity contribution in [3.05, 3.63) is 29.8 Å². The van der Waals surface area contributed by atoms with Crippen LogP contribution in [0, 0.1) is 16.7 Å². The first-order valence-corrected chi connectivity index (χ1v) is 13.1. The third-order valence-electron chi connectivity index (χ3n) is 7.17. The Morgan fingerprint density at radius 1 is 0.875 bits per heavy atom. The van der Waals surface area contributed by atoms with Gasteiger partial charge in [0.2, 0.25) is 0 Å². The van der Waals surface area contributed by atoms with Crippen LogP contribution < -0.4 is 4.74 Å². The Hall–Kier alpha value is -1.06. The van der Waals surface area contributed by atoms with Gasteiger partial charge in [0, 0.05) is 19.6 Å². The fourth-order valence-electron chi connectivity index (χ4n) is 5.32. The third kappa shape index (κ3) is 8.37. The Bertz CT molecular complexity index is 635. The minimum absolute atomic E-state index is 0.153. The van der Waals surface area contributed by atoms with Gasteiger partial charge < -0.3 is 14.2 Å². The number of ether oxygens (including phenoxy) is 3. The number of rotatable bonds is 8. The standard InChI is InChI=1S/C29H48O3/c1-28(2,3)21-26(29(4,5)6)23-12-14-24(15-13-23)31-27(20-22-10-8-7-9-11-22)32-25-16-18-30-19-17-25/h12-15,22,25-27H,7-11,16-21H2,1-6H3. The van der Waals surface area contributed by atoms with Gasteiger partial charge in [-0.3, -0.25) is 0 Å². The molecule has 1 aliphatic carbocycles. The summed E-state index contributed by atoms with van der Waals surface area (Å²) in [6.07, 6.45) is 11.0. The summed E-state index contributed by atoms with van der Waals surface area (Å²) in [5.41, 5.74) is 1.94. The van der Waals surface area contributed by atoms with Crippen LogP contribution in [0.2, 0.25) is 0 Å². The maximum absolute atomic E-state index is 6.49. The van der Waals surface area contributed by atoms with Gasteiger partial charge in [0.15, 0.2) is 6.29 Å². The van der Waals surface area contributed by atoms with Gasteiger partial charge >= 0.3 is 0 Å². The van der Waals surface area contributed by atoms with Crippen LogP contribution in [0.15, 0.2) is 24.3 Å². The molecule has 3 heteroatoms. The van der Waals surface area contributed by atoms with E-state index >= 15 is 0 Å². The van der Waals surface area contributed by atoms with Crippen LogP contribution >= 0.6 is 0 Å². The summed E-state index contributed by atoms with van der Waals surface area (Å²) in [4.78, 5) is 0. The molecule has 0 aromatic heterocycles. The van der Waals surface area contributed by atoms with Crippen LogP contribution in [0.5, 0.6) is 5.75 Å². The normalized spacial score (nSPS) is 21.3. The zero-order chi connectivity index (χ0) is 23.2. The summed E-state index contributed by atoms with van der Waals surface area (Å²) in [7, 11) is 0. The van der Waals surface area contributed by atoms with Crippen molar-refractivity contribution >= 4 is 0 Å². The molecular formula is C29H48O3. The van der Waals surface area contributed by atoms with Gasteiger partial charge in [0.25, 0.3) is 0 Å². The van der Waals surface area contributed by atoms with Gasteiger partial charge in [-0.05, 0) is 59.6 Å². The van der Waals surface area contributed by atoms with Crippen molar-refractivity contribution in [1.29, 1.82) is 0 Å². The lowest BCUT2D eigenvalue weighted by Gasteiger charge is -2.36. The highest BCUT2D eigenvalue weighted by atomic mass is 16.7. The number of benzene rings is 1. The van der Waals surface area contributed by atoms with E-state index in [-0.39, 0.29) is 17.8 Å². The first-order valence-electron chi connectivity index (χ1n) is 13.1. The highest BCUT2D eigenvalue weighted by Crippen LogP contribution is 2.43. The predicted molar refractivity (Wildman–Crippen MR) is 133 cm³/mol.